The quantitative estimate of drug-likeness (QED) is 0.578. The molecule has 1 aromatic carbocycles. The summed E-state index contributed by atoms with van der Waals surface area (Å²) in [5.74, 6) is 1.40. The number of fused-ring (bicyclic) bond motifs is 2. The van der Waals surface area contributed by atoms with Gasteiger partial charge in [0.2, 0.25) is 0 Å². The summed E-state index contributed by atoms with van der Waals surface area (Å²) in [5.41, 5.74) is 6.92. The van der Waals surface area contributed by atoms with Crippen molar-refractivity contribution < 1.29 is 32.2 Å². The lowest BCUT2D eigenvalue weighted by molar-refractivity contribution is -0.153. The van der Waals surface area contributed by atoms with Gasteiger partial charge in [0, 0.05) is 24.7 Å². The summed E-state index contributed by atoms with van der Waals surface area (Å²) < 4.78 is 53.2. The van der Waals surface area contributed by atoms with Crippen molar-refractivity contribution in [3.63, 3.8) is 0 Å². The molecule has 38 heavy (non-hydrogen) atoms. The molecular formula is C25H29BF3N5O4. The number of halogens is 3. The number of rotatable bonds is 3. The fourth-order valence-electron chi connectivity index (χ4n) is 4.83. The van der Waals surface area contributed by atoms with Crippen molar-refractivity contribution in [3.05, 3.63) is 53.0 Å². The topological polar surface area (TPSA) is 132 Å². The van der Waals surface area contributed by atoms with Crippen molar-refractivity contribution in [3.8, 4) is 5.97 Å². The van der Waals surface area contributed by atoms with E-state index in [9.17, 15) is 18.0 Å². The van der Waals surface area contributed by atoms with Crippen LogP contribution in [0.5, 0.6) is 0 Å². The molecule has 3 aliphatic heterocycles. The third kappa shape index (κ3) is 6.81. The minimum atomic E-state index is -4.47. The van der Waals surface area contributed by atoms with Gasteiger partial charge in [-0.2, -0.15) is 13.2 Å². The predicted molar refractivity (Wildman–Crippen MR) is 132 cm³/mol. The first-order valence-electron chi connectivity index (χ1n) is 12.4. The molecule has 3 aliphatic rings. The first-order chi connectivity index (χ1) is 17.9. The fourth-order valence-corrected chi connectivity index (χ4v) is 4.83. The number of nitrogens with one attached hydrogen (secondary N) is 1. The number of ether oxygens (including phenoxy) is 3. The molecule has 1 amide bonds. The van der Waals surface area contributed by atoms with E-state index in [1.54, 1.807) is 0 Å². The molecule has 0 radical (unpaired) electrons. The Balaban J connectivity index is 0.000000257. The van der Waals surface area contributed by atoms with Gasteiger partial charge in [-0.1, -0.05) is 17.9 Å². The maximum atomic E-state index is 12.6. The number of nitriles is 1. The zero-order valence-electron chi connectivity index (χ0n) is 21.1. The Morgan fingerprint density at radius 2 is 2.08 bits per heavy atom. The molecule has 3 unspecified atom stereocenters. The largest absolute Gasteiger partial charge is 0.434 e. The second kappa shape index (κ2) is 11.3. The summed E-state index contributed by atoms with van der Waals surface area (Å²) in [4.78, 5) is 18.9. The number of benzene rings is 1. The van der Waals surface area contributed by atoms with Crippen LogP contribution in [0.1, 0.15) is 47.4 Å². The molecular weight excluding hydrogens is 502 g/mol. The average molecular weight is 531 g/mol. The number of aromatic nitrogens is 2. The Labute approximate surface area is 218 Å². The van der Waals surface area contributed by atoms with E-state index < -0.39 is 17.7 Å². The van der Waals surface area contributed by atoms with Crippen molar-refractivity contribution in [1.29, 1.82) is 5.26 Å². The third-order valence-electron chi connectivity index (χ3n) is 6.61. The zero-order chi connectivity index (χ0) is 27.5. The molecule has 3 atom stereocenters. The van der Waals surface area contributed by atoms with Crippen LogP contribution in [0.2, 0.25) is 6.32 Å². The Morgan fingerprint density at radius 1 is 1.29 bits per heavy atom. The van der Waals surface area contributed by atoms with Crippen molar-refractivity contribution in [2.24, 2.45) is 0 Å². The zero-order valence-corrected chi connectivity index (χ0v) is 21.1. The van der Waals surface area contributed by atoms with Gasteiger partial charge in [-0.15, -0.1) is 0 Å². The van der Waals surface area contributed by atoms with Gasteiger partial charge in [-0.05, 0) is 50.7 Å². The number of hydrogen-bond donors (Lipinski definition) is 2. The summed E-state index contributed by atoms with van der Waals surface area (Å²) in [6.45, 7) is 4.91. The summed E-state index contributed by atoms with van der Waals surface area (Å²) in [6.07, 6.45) is 0.169. The van der Waals surface area contributed by atoms with Gasteiger partial charge in [-0.25, -0.2) is 10.2 Å². The Hall–Kier alpha value is -3.21. The van der Waals surface area contributed by atoms with E-state index in [0.29, 0.717) is 24.9 Å². The van der Waals surface area contributed by atoms with Gasteiger partial charge in [-0.3, -0.25) is 9.78 Å². The predicted octanol–water partition coefficient (Wildman–Crippen LogP) is 3.00. The molecule has 0 bridgehead atoms. The number of amides is 1. The molecule has 2 aromatic rings. The van der Waals surface area contributed by atoms with E-state index >= 15 is 0 Å². The van der Waals surface area contributed by atoms with Crippen molar-refractivity contribution in [1.82, 2.24) is 15.3 Å². The molecule has 3 N–H and O–H groups in total. The summed E-state index contributed by atoms with van der Waals surface area (Å²) in [6, 6.07) is 5.79. The lowest BCUT2D eigenvalue weighted by Gasteiger charge is -2.31. The fraction of sp³-hybridized carbons (Fsp3) is 0.520. The monoisotopic (exact) mass is 531 g/mol. The van der Waals surface area contributed by atoms with Gasteiger partial charge < -0.3 is 25.3 Å². The molecule has 202 valence electrons. The molecule has 1 aromatic heterocycles. The SMILES string of the molecule is CC1(C)OC2CCOC(CNC(=O)c3ccc4c(c3)CCB(C#N)C4)C2O1.Nc1cncc(C(F)(F)F)n1. The van der Waals surface area contributed by atoms with Gasteiger partial charge in [0.15, 0.2) is 11.5 Å². The highest BCUT2D eigenvalue weighted by Crippen LogP contribution is 2.35. The number of carbonyl (C=O) groups is 1. The minimum Gasteiger partial charge on any atom is -0.382 e. The van der Waals surface area contributed by atoms with Gasteiger partial charge in [0.05, 0.1) is 18.5 Å². The lowest BCUT2D eigenvalue weighted by Crippen LogP contribution is -2.48. The Bertz CT molecular complexity index is 1210. The van der Waals surface area contributed by atoms with Crippen LogP contribution in [0.4, 0.5) is 19.0 Å². The number of nitrogen functional groups attached to an aromatic ring is 1. The average Bonchev–Trinajstić information content (AvgIpc) is 3.21. The second-order valence-corrected chi connectivity index (χ2v) is 9.93. The van der Waals surface area contributed by atoms with Crippen LogP contribution < -0.4 is 11.1 Å². The van der Waals surface area contributed by atoms with Crippen LogP contribution in [-0.4, -0.2) is 59.8 Å². The number of carbonyl (C=O) groups excluding carboxylic acids is 1. The summed E-state index contributed by atoms with van der Waals surface area (Å²) in [7, 11) is 0. The van der Waals surface area contributed by atoms with Crippen molar-refractivity contribution >= 4 is 18.4 Å². The standard InChI is InChI=1S/C20H25BN2O4.C5H4F3N3/c1-20(2)26-16-6-8-25-17(18(16)27-20)11-23-19(24)14-3-4-15-10-21(12-22)7-5-13(15)9-14;6-5(7,8)3-1-10-2-4(9)11-3/h3-4,9,16-18H,5-8,10-11H2,1-2H3,(H,23,24);1-2H,(H2,9,11). The highest BCUT2D eigenvalue weighted by Gasteiger charge is 2.47. The number of anilines is 1. The molecule has 0 spiro atoms. The first-order valence-corrected chi connectivity index (χ1v) is 12.4. The van der Waals surface area contributed by atoms with E-state index in [0.717, 1.165) is 31.7 Å². The molecule has 2 saturated heterocycles. The summed E-state index contributed by atoms with van der Waals surface area (Å²) >= 11 is 0. The molecule has 5 rings (SSSR count). The number of nitrogens with two attached hydrogens (primary N) is 1. The van der Waals surface area contributed by atoms with E-state index in [-0.39, 0.29) is 36.7 Å². The van der Waals surface area contributed by atoms with Gasteiger partial charge in [0.25, 0.3) is 12.6 Å². The second-order valence-electron chi connectivity index (χ2n) is 9.93. The van der Waals surface area contributed by atoms with Crippen LogP contribution in [0.25, 0.3) is 0 Å². The van der Waals surface area contributed by atoms with Crippen molar-refractivity contribution in [2.45, 2.75) is 69.6 Å². The molecule has 13 heteroatoms. The normalized spacial score (nSPS) is 23.8. The van der Waals surface area contributed by atoms with Crippen LogP contribution in [0.3, 0.4) is 0 Å². The van der Waals surface area contributed by atoms with Gasteiger partial charge in [0.1, 0.15) is 18.0 Å². The van der Waals surface area contributed by atoms with Crippen LogP contribution in [0.15, 0.2) is 30.6 Å². The van der Waals surface area contributed by atoms with E-state index in [1.165, 1.54) is 11.1 Å². The summed E-state index contributed by atoms with van der Waals surface area (Å²) in [5, 5.41) is 12.1. The van der Waals surface area contributed by atoms with Crippen LogP contribution >= 0.6 is 0 Å². The third-order valence-corrected chi connectivity index (χ3v) is 6.61. The molecule has 0 saturated carbocycles. The van der Waals surface area contributed by atoms with Crippen LogP contribution in [-0.2, 0) is 33.1 Å². The highest BCUT2D eigenvalue weighted by molar-refractivity contribution is 6.66. The van der Waals surface area contributed by atoms with E-state index in [4.69, 9.17) is 25.2 Å². The van der Waals surface area contributed by atoms with Crippen LogP contribution in [0, 0.1) is 11.2 Å². The Morgan fingerprint density at radius 3 is 2.76 bits per heavy atom. The van der Waals surface area contributed by atoms with Gasteiger partial charge >= 0.3 is 6.18 Å². The van der Waals surface area contributed by atoms with E-state index in [1.807, 2.05) is 32.0 Å². The lowest BCUT2D eigenvalue weighted by atomic mass is 9.42. The minimum absolute atomic E-state index is 0.0208. The maximum Gasteiger partial charge on any atom is 0.434 e. The first kappa shape index (κ1) is 27.8. The smallest absolute Gasteiger partial charge is 0.382 e. The molecule has 9 nitrogen and oxygen atoms in total. The number of hydrogen-bond acceptors (Lipinski definition) is 8. The number of nitrogens with zero attached hydrogens (tertiary/aromatic N) is 3. The maximum absolute atomic E-state index is 12.6. The molecule has 0 aliphatic carbocycles. The number of alkyl halides is 3. The van der Waals surface area contributed by atoms with E-state index in [2.05, 4.69) is 21.3 Å². The molecule has 2 fully saturated rings. The molecule has 4 heterocycles. The Kier molecular flexibility index (Phi) is 8.25. The van der Waals surface area contributed by atoms with Crippen molar-refractivity contribution in [2.75, 3.05) is 18.9 Å². The highest BCUT2D eigenvalue weighted by atomic mass is 19.4. The number of aryl methyl sites for hydroxylation is 1.